The summed E-state index contributed by atoms with van der Waals surface area (Å²) in [6.45, 7) is 1.98. The molecule has 0 fully saturated rings. The zero-order chi connectivity index (χ0) is 21.0. The molecule has 148 valence electrons. The number of hydrogen-bond acceptors (Lipinski definition) is 6. The van der Waals surface area contributed by atoms with Crippen LogP contribution in [-0.4, -0.2) is 21.7 Å². The summed E-state index contributed by atoms with van der Waals surface area (Å²) in [7, 11) is 0. The van der Waals surface area contributed by atoms with Crippen LogP contribution in [0.5, 0.6) is 0 Å². The maximum Gasteiger partial charge on any atom is 0.314 e. The maximum atomic E-state index is 12.2. The van der Waals surface area contributed by atoms with Gasteiger partial charge in [0.25, 0.3) is 0 Å². The highest BCUT2D eigenvalue weighted by Gasteiger charge is 2.24. The van der Waals surface area contributed by atoms with Gasteiger partial charge in [0.1, 0.15) is 12.0 Å². The molecule has 7 nitrogen and oxygen atoms in total. The molecular weight excluding hydrogens is 412 g/mol. The van der Waals surface area contributed by atoms with E-state index in [0.29, 0.717) is 22.9 Å². The number of nitrogens with zero attached hydrogens (tertiary/aromatic N) is 3. The van der Waals surface area contributed by atoms with Crippen molar-refractivity contribution in [2.24, 2.45) is 0 Å². The van der Waals surface area contributed by atoms with Crippen molar-refractivity contribution in [3.05, 3.63) is 76.1 Å². The van der Waals surface area contributed by atoms with Gasteiger partial charge < -0.3 is 8.97 Å². The Hall–Kier alpha value is -2.99. The molecule has 2 aromatic carbocycles. The third-order valence-corrected chi connectivity index (χ3v) is 4.71. The predicted octanol–water partition coefficient (Wildman–Crippen LogP) is 3.87. The zero-order valence-corrected chi connectivity index (χ0v) is 17.3. The number of carbonyl (C=O) groups excluding carboxylic acids is 1. The first-order valence-electron chi connectivity index (χ1n) is 8.51. The first-order valence-corrected chi connectivity index (χ1v) is 10.4. The molecule has 0 aliphatic heterocycles. The number of rotatable bonds is 6. The van der Waals surface area contributed by atoms with Crippen molar-refractivity contribution in [3.8, 4) is 6.07 Å². The number of aryl methyl sites for hydroxylation is 1. The van der Waals surface area contributed by atoms with Crippen molar-refractivity contribution in [1.29, 1.82) is 5.26 Å². The van der Waals surface area contributed by atoms with Crippen molar-refractivity contribution in [2.75, 3.05) is 11.2 Å². The molecule has 0 saturated carbocycles. The Kier molecular flexibility index (Phi) is 6.44. The Labute approximate surface area is 176 Å². The Morgan fingerprint density at radius 2 is 2.07 bits per heavy atom. The van der Waals surface area contributed by atoms with Gasteiger partial charge in [-0.05, 0) is 48.9 Å². The third kappa shape index (κ3) is 5.09. The second-order valence-corrected chi connectivity index (χ2v) is 7.71. The molecule has 1 amide bonds. The van der Waals surface area contributed by atoms with Gasteiger partial charge in [-0.3, -0.25) is 9.69 Å². The van der Waals surface area contributed by atoms with Crippen LogP contribution in [0.2, 0.25) is 5.02 Å². The topological polar surface area (TPSA) is 105 Å². The maximum absolute atomic E-state index is 12.2. The second-order valence-electron chi connectivity index (χ2n) is 6.16. The zero-order valence-electron chi connectivity index (χ0n) is 15.7. The molecule has 0 aliphatic carbocycles. The number of amides is 1. The van der Waals surface area contributed by atoms with E-state index in [2.05, 4.69) is 15.8 Å². The van der Waals surface area contributed by atoms with Crippen LogP contribution in [0.4, 0.5) is 11.7 Å². The Bertz CT molecular complexity index is 1060. The second kappa shape index (κ2) is 9.01. The Morgan fingerprint density at radius 3 is 2.69 bits per heavy atom. The number of anilines is 2. The van der Waals surface area contributed by atoms with Gasteiger partial charge in [-0.25, -0.2) is 0 Å². The number of nitrogens with one attached hydrogen (secondary N) is 1. The van der Waals surface area contributed by atoms with Crippen LogP contribution in [0.3, 0.4) is 0 Å². The Balaban J connectivity index is 2.00. The lowest BCUT2D eigenvalue weighted by Gasteiger charge is -2.21. The van der Waals surface area contributed by atoms with E-state index in [0.717, 1.165) is 11.3 Å². The third-order valence-electron chi connectivity index (χ3n) is 4.01. The van der Waals surface area contributed by atoms with E-state index < -0.39 is 17.3 Å². The van der Waals surface area contributed by atoms with Crippen LogP contribution in [0.1, 0.15) is 27.4 Å². The van der Waals surface area contributed by atoms with Crippen LogP contribution in [0, 0.1) is 18.3 Å². The Morgan fingerprint density at radius 1 is 1.34 bits per heavy atom. The van der Waals surface area contributed by atoms with Crippen LogP contribution < -0.4 is 9.62 Å². The summed E-state index contributed by atoms with van der Waals surface area (Å²) in [4.78, 5) is 18.3. The molecule has 1 heterocycles. The molecule has 3 aromatic rings. The fraction of sp³-hybridized carbons (Fsp3) is 0.150. The molecule has 1 N–H and O–H groups in total. The lowest BCUT2D eigenvalue weighted by molar-refractivity contribution is 0.0976. The molecule has 1 aromatic heterocycles. The smallest absolute Gasteiger partial charge is 0.314 e. The highest BCUT2D eigenvalue weighted by atomic mass is 35.5. The minimum Gasteiger partial charge on any atom is -0.593 e. The minimum absolute atomic E-state index is 0.0555. The average molecular weight is 429 g/mol. The number of hydrogen-bond donors (Lipinski definition) is 1. The summed E-state index contributed by atoms with van der Waals surface area (Å²) >= 11 is 4.58. The number of aromatic nitrogens is 1. The van der Waals surface area contributed by atoms with E-state index in [1.165, 1.54) is 6.26 Å². The molecule has 0 spiro atoms. The lowest BCUT2D eigenvalue weighted by atomic mass is 10.1. The first kappa shape index (κ1) is 20.7. The van der Waals surface area contributed by atoms with Crippen LogP contribution in [0.15, 0.2) is 52.9 Å². The lowest BCUT2D eigenvalue weighted by Crippen LogP contribution is -2.30. The van der Waals surface area contributed by atoms with Gasteiger partial charge in [0.2, 0.25) is 0 Å². The van der Waals surface area contributed by atoms with Crippen molar-refractivity contribution < 1.29 is 13.8 Å². The van der Waals surface area contributed by atoms with Crippen LogP contribution >= 0.6 is 11.6 Å². The molecule has 29 heavy (non-hydrogen) atoms. The minimum atomic E-state index is -1.52. The van der Waals surface area contributed by atoms with E-state index in [1.54, 1.807) is 42.2 Å². The molecular formula is C20H17ClN4O3S. The fourth-order valence-corrected chi connectivity index (χ4v) is 3.26. The number of halogens is 1. The van der Waals surface area contributed by atoms with Gasteiger partial charge in [-0.15, -0.1) is 0 Å². The summed E-state index contributed by atoms with van der Waals surface area (Å²) in [5, 5.41) is 9.64. The number of carbonyl (C=O) groups is 1. The molecule has 1 atom stereocenters. The summed E-state index contributed by atoms with van der Waals surface area (Å²) in [6, 6.07) is 16.5. The van der Waals surface area contributed by atoms with Crippen molar-refractivity contribution in [2.45, 2.75) is 13.5 Å². The number of nitriles is 1. The predicted molar refractivity (Wildman–Crippen MR) is 111 cm³/mol. The standard InChI is InChI=1S/C20H17ClN4O3S/c1-13-18(19(26)24-29(2)27)23-20(28-13)25(12-15-4-3-5-16(21)10-15)17-8-6-14(11-22)7-9-17/h3-10H,12H2,1-2H3,(H,24,26). The molecule has 3 rings (SSSR count). The van der Waals surface area contributed by atoms with Crippen molar-refractivity contribution in [1.82, 2.24) is 9.71 Å². The molecule has 0 radical (unpaired) electrons. The molecule has 9 heteroatoms. The summed E-state index contributed by atoms with van der Waals surface area (Å²) in [5.41, 5.74) is 2.19. The summed E-state index contributed by atoms with van der Waals surface area (Å²) in [5.74, 6) is -0.284. The van der Waals surface area contributed by atoms with Gasteiger partial charge >= 0.3 is 11.9 Å². The van der Waals surface area contributed by atoms with Gasteiger partial charge in [0, 0.05) is 10.7 Å². The van der Waals surface area contributed by atoms with E-state index in [4.69, 9.17) is 21.3 Å². The highest BCUT2D eigenvalue weighted by Crippen LogP contribution is 2.29. The van der Waals surface area contributed by atoms with Crippen LogP contribution in [-0.2, 0) is 17.9 Å². The fourth-order valence-electron chi connectivity index (χ4n) is 2.69. The van der Waals surface area contributed by atoms with Crippen molar-refractivity contribution >= 4 is 40.6 Å². The summed E-state index contributed by atoms with van der Waals surface area (Å²) < 4.78 is 19.4. The van der Waals surface area contributed by atoms with Gasteiger partial charge in [0.05, 0.1) is 29.5 Å². The van der Waals surface area contributed by atoms with E-state index in [9.17, 15) is 9.35 Å². The van der Waals surface area contributed by atoms with E-state index >= 15 is 0 Å². The van der Waals surface area contributed by atoms with Gasteiger partial charge in [-0.1, -0.05) is 23.7 Å². The molecule has 0 aliphatic rings. The van der Waals surface area contributed by atoms with E-state index in [-0.39, 0.29) is 11.7 Å². The average Bonchev–Trinajstić information content (AvgIpc) is 3.07. The summed E-state index contributed by atoms with van der Waals surface area (Å²) in [6.07, 6.45) is 1.36. The molecule has 1 unspecified atom stereocenters. The quantitative estimate of drug-likeness (QED) is 0.597. The number of benzene rings is 2. The largest absolute Gasteiger partial charge is 0.593 e. The highest BCUT2D eigenvalue weighted by molar-refractivity contribution is 7.89. The van der Waals surface area contributed by atoms with E-state index in [1.807, 2.05) is 18.2 Å². The first-order chi connectivity index (χ1) is 13.9. The van der Waals surface area contributed by atoms with Crippen LogP contribution in [0.25, 0.3) is 0 Å². The normalized spacial score (nSPS) is 11.6. The van der Waals surface area contributed by atoms with Crippen molar-refractivity contribution in [3.63, 3.8) is 0 Å². The molecule has 0 saturated heterocycles. The number of oxazole rings is 1. The van der Waals surface area contributed by atoms with Gasteiger partial charge in [-0.2, -0.15) is 15.0 Å². The molecule has 0 bridgehead atoms. The van der Waals surface area contributed by atoms with Gasteiger partial charge in [0.15, 0.2) is 5.69 Å². The monoisotopic (exact) mass is 428 g/mol. The SMILES string of the molecule is Cc1oc(N(Cc2cccc(Cl)c2)c2ccc(C#N)cc2)nc1C(=O)N[S+](C)[O-].